The van der Waals surface area contributed by atoms with E-state index in [-0.39, 0.29) is 31.0 Å². The summed E-state index contributed by atoms with van der Waals surface area (Å²) in [7, 11) is 1.36. The maximum absolute atomic E-state index is 11.0. The van der Waals surface area contributed by atoms with Crippen LogP contribution < -0.4 is 35.2 Å². The van der Waals surface area contributed by atoms with Gasteiger partial charge < -0.3 is 6.26 Å². The second kappa shape index (κ2) is 7.06. The molecule has 5 heteroatoms. The van der Waals surface area contributed by atoms with Gasteiger partial charge in [0.1, 0.15) is 0 Å². The first-order chi connectivity index (χ1) is 5.84. The number of nitrogens with one attached hydrogen (secondary N) is 1. The number of hydrogen-bond donors (Lipinski definition) is 1. The molecule has 0 saturated carbocycles. The molecule has 0 unspecified atom stereocenters. The Labute approximate surface area is 99.9 Å². The zero-order valence-electron chi connectivity index (χ0n) is 8.61. The van der Waals surface area contributed by atoms with E-state index in [1.54, 1.807) is 24.3 Å². The van der Waals surface area contributed by atoms with Crippen LogP contribution in [0.15, 0.2) is 30.3 Å². The average molecular weight is 191 g/mol. The summed E-state index contributed by atoms with van der Waals surface area (Å²) in [5.74, 6) is -0.475. The van der Waals surface area contributed by atoms with Gasteiger partial charge >= 0.3 is 35.5 Å². The predicted molar refractivity (Wildman–Crippen MR) is 43.1 cm³/mol. The van der Waals surface area contributed by atoms with Crippen LogP contribution in [0.2, 0.25) is 0 Å². The maximum atomic E-state index is 11.0. The molecule has 0 amide bonds. The summed E-state index contributed by atoms with van der Waals surface area (Å²) in [5, 5.41) is 0. The zero-order valence-corrected chi connectivity index (χ0v) is 9.61. The summed E-state index contributed by atoms with van der Waals surface area (Å²) in [6.45, 7) is 0. The Kier molecular flexibility index (Phi) is 6.84. The Morgan fingerprint density at radius 3 is 2.54 bits per heavy atom. The van der Waals surface area contributed by atoms with Gasteiger partial charge in [-0.3, -0.25) is 4.84 Å². The molecule has 1 rings (SSSR count). The fourth-order valence-corrected chi connectivity index (χ4v) is 0.713. The first kappa shape index (κ1) is 12.6. The number of rotatable bonds is 3. The van der Waals surface area contributed by atoms with E-state index in [1.807, 2.05) is 11.7 Å². The van der Waals surface area contributed by atoms with Crippen LogP contribution in [-0.4, -0.2) is 13.1 Å². The minimum Gasteiger partial charge on any atom is -1.00 e. The fourth-order valence-electron chi connectivity index (χ4n) is 0.713. The predicted octanol–water partition coefficient (Wildman–Crippen LogP) is -1.97. The molecule has 0 aromatic heterocycles. The van der Waals surface area contributed by atoms with Gasteiger partial charge in [0.05, 0.1) is 12.7 Å². The van der Waals surface area contributed by atoms with Gasteiger partial charge in [0.25, 0.3) is 0 Å². The molecule has 13 heavy (non-hydrogen) atoms. The molecule has 4 nitrogen and oxygen atoms in total. The van der Waals surface area contributed by atoms with E-state index in [0.717, 1.165) is 0 Å². The van der Waals surface area contributed by atoms with Crippen molar-refractivity contribution in [3.63, 3.8) is 0 Å². The summed E-state index contributed by atoms with van der Waals surface area (Å²) in [6.07, 6.45) is 0. The van der Waals surface area contributed by atoms with Crippen LogP contribution in [0.25, 0.3) is 0 Å². The first-order valence-electron chi connectivity index (χ1n) is 3.39. The van der Waals surface area contributed by atoms with Gasteiger partial charge in [0, 0.05) is 0 Å². The molecule has 1 N–H and O–H groups in total. The first-order valence-corrected chi connectivity index (χ1v) is 3.39. The summed E-state index contributed by atoms with van der Waals surface area (Å²) in [5.41, 5.74) is 2.47. The van der Waals surface area contributed by atoms with Crippen molar-refractivity contribution in [1.82, 2.24) is 5.64 Å². The summed E-state index contributed by atoms with van der Waals surface area (Å²) in [4.78, 5) is 19.8. The zero-order chi connectivity index (χ0) is 8.81. The van der Waals surface area contributed by atoms with E-state index < -0.39 is 5.97 Å². The Bertz CT molecular complexity index is 258. The fraction of sp³-hybridized carbons (Fsp3) is 0.125. The molecule has 0 fully saturated rings. The number of hydrogen-bond acceptors (Lipinski definition) is 4. The largest absolute Gasteiger partial charge is 1.00 e. The molecular weight excluding hydrogens is 181 g/mol. The molecule has 0 aliphatic rings. The van der Waals surface area contributed by atoms with Gasteiger partial charge in [0.2, 0.25) is 0 Å². The van der Waals surface area contributed by atoms with Crippen molar-refractivity contribution < 1.29 is 45.5 Å². The number of carbonyl (C=O) groups excluding carboxylic acids is 1. The van der Waals surface area contributed by atoms with Gasteiger partial charge in [-0.2, -0.15) is 0 Å². The number of benzene rings is 1. The normalized spacial score (nSPS) is 8.69. The monoisotopic (exact) mass is 191 g/mol. The number of carbonyl (C=O) groups is 1. The Morgan fingerprint density at radius 2 is 2.00 bits per heavy atom. The van der Waals surface area contributed by atoms with E-state index in [9.17, 15) is 4.79 Å². The molecule has 1 aromatic carbocycles. The summed E-state index contributed by atoms with van der Waals surface area (Å²) >= 11 is 0. The van der Waals surface area contributed by atoms with Crippen LogP contribution in [0.1, 0.15) is 11.8 Å². The third-order valence-electron chi connectivity index (χ3n) is 1.23. The summed E-state index contributed by atoms with van der Waals surface area (Å²) < 4.78 is 0. The van der Waals surface area contributed by atoms with E-state index in [2.05, 4.69) is 9.68 Å². The van der Waals surface area contributed by atoms with Gasteiger partial charge in [-0.15, -0.1) is 0 Å². The van der Waals surface area contributed by atoms with Crippen molar-refractivity contribution in [2.24, 2.45) is 0 Å². The Balaban J connectivity index is 0. The molecule has 0 aliphatic heterocycles. The van der Waals surface area contributed by atoms with Crippen molar-refractivity contribution >= 4 is 5.97 Å². The van der Waals surface area contributed by atoms with E-state index in [1.165, 1.54) is 7.11 Å². The molecule has 0 bridgehead atoms. The molecule has 0 spiro atoms. The van der Waals surface area contributed by atoms with Crippen LogP contribution in [0, 0.1) is 0 Å². The van der Waals surface area contributed by atoms with Crippen LogP contribution in [0.5, 0.6) is 0 Å². The van der Waals surface area contributed by atoms with Gasteiger partial charge in [-0.1, -0.05) is 18.2 Å². The minimum absolute atomic E-state index is 0. The molecular formula is C8H10NNaO3. The van der Waals surface area contributed by atoms with Crippen LogP contribution in [0.4, 0.5) is 0 Å². The summed E-state index contributed by atoms with van der Waals surface area (Å²) in [6, 6.07) is 8.63. The van der Waals surface area contributed by atoms with Gasteiger partial charge in [-0.05, 0) is 17.8 Å². The third kappa shape index (κ3) is 4.40. The maximum Gasteiger partial charge on any atom is 1.00 e. The third-order valence-corrected chi connectivity index (χ3v) is 1.23. The van der Waals surface area contributed by atoms with Crippen LogP contribution in [0.3, 0.4) is 0 Å². The molecule has 0 saturated heterocycles. The minimum atomic E-state index is -0.475. The van der Waals surface area contributed by atoms with Gasteiger partial charge in [0.15, 0.2) is 0 Å². The quantitative estimate of drug-likeness (QED) is 0.444. The Morgan fingerprint density at radius 1 is 1.38 bits per heavy atom. The Hall–Kier alpha value is -0.390. The van der Waals surface area contributed by atoms with Crippen LogP contribution in [-0.2, 0) is 9.68 Å². The molecule has 66 valence electrons. The van der Waals surface area contributed by atoms with Crippen molar-refractivity contribution in [3.8, 4) is 0 Å². The topological polar surface area (TPSA) is 47.6 Å². The smallest absolute Gasteiger partial charge is 1.00 e. The standard InChI is InChI=1S/C8H9NO3.Na.H/c1-11-9-12-8(10)7-5-3-2-4-6-7;;/h2-6,9H,1H3;;/q;+1;-1. The molecule has 0 heterocycles. The second-order valence-electron chi connectivity index (χ2n) is 2.04. The van der Waals surface area contributed by atoms with Crippen molar-refractivity contribution in [3.05, 3.63) is 35.9 Å². The van der Waals surface area contributed by atoms with Crippen molar-refractivity contribution in [1.29, 1.82) is 0 Å². The SMILES string of the molecule is CONOC(=O)c1ccccc1.[H-].[Na+]. The van der Waals surface area contributed by atoms with E-state index >= 15 is 0 Å². The molecule has 1 aromatic rings. The molecule has 0 atom stereocenters. The van der Waals surface area contributed by atoms with Crippen molar-refractivity contribution in [2.45, 2.75) is 0 Å². The van der Waals surface area contributed by atoms with Gasteiger partial charge in [-0.25, -0.2) is 4.79 Å². The molecule has 0 radical (unpaired) electrons. The molecule has 0 aliphatic carbocycles. The van der Waals surface area contributed by atoms with Crippen molar-refractivity contribution in [2.75, 3.05) is 7.11 Å². The van der Waals surface area contributed by atoms with E-state index in [0.29, 0.717) is 5.56 Å². The second-order valence-corrected chi connectivity index (χ2v) is 2.04. The van der Waals surface area contributed by atoms with Crippen LogP contribution >= 0.6 is 0 Å². The average Bonchev–Trinajstić information content (AvgIpc) is 2.15. The van der Waals surface area contributed by atoms with E-state index in [4.69, 9.17) is 0 Å².